The molecule has 0 saturated carbocycles. The molecule has 2 heterocycles. The molecule has 4 rings (SSSR count). The van der Waals surface area contributed by atoms with E-state index >= 15 is 0 Å². The zero-order valence-electron chi connectivity index (χ0n) is 19.0. The second-order valence-electron chi connectivity index (χ2n) is 9.18. The van der Waals surface area contributed by atoms with Crippen LogP contribution in [0.2, 0.25) is 10.0 Å². The summed E-state index contributed by atoms with van der Waals surface area (Å²) in [4.78, 5) is 31.8. The van der Waals surface area contributed by atoms with Gasteiger partial charge >= 0.3 is 0 Å². The molecule has 0 aliphatic carbocycles. The molecule has 0 N–H and O–H groups in total. The summed E-state index contributed by atoms with van der Waals surface area (Å²) in [6.07, 6.45) is 2.00. The molecule has 6 nitrogen and oxygen atoms in total. The molecule has 33 heavy (non-hydrogen) atoms. The van der Waals surface area contributed by atoms with Crippen molar-refractivity contribution in [1.82, 2.24) is 9.80 Å². The van der Waals surface area contributed by atoms with Crippen molar-refractivity contribution in [2.75, 3.05) is 45.2 Å². The molecule has 0 radical (unpaired) electrons. The number of carbonyl (C=O) groups is 2. The molecule has 8 heteroatoms. The Labute approximate surface area is 205 Å². The Morgan fingerprint density at radius 3 is 2.61 bits per heavy atom. The predicted octanol–water partition coefficient (Wildman–Crippen LogP) is 4.35. The predicted molar refractivity (Wildman–Crippen MR) is 131 cm³/mol. The maximum Gasteiger partial charge on any atom is 0.236 e. The van der Waals surface area contributed by atoms with Crippen LogP contribution in [0.5, 0.6) is 5.75 Å². The van der Waals surface area contributed by atoms with E-state index in [0.717, 1.165) is 25.1 Å². The van der Waals surface area contributed by atoms with E-state index in [1.165, 1.54) is 0 Å². The number of benzene rings is 2. The molecule has 2 fully saturated rings. The van der Waals surface area contributed by atoms with Crippen LogP contribution < -0.4 is 9.64 Å². The lowest BCUT2D eigenvalue weighted by molar-refractivity contribution is -0.140. The van der Waals surface area contributed by atoms with Crippen LogP contribution in [0.25, 0.3) is 0 Å². The molecule has 176 valence electrons. The van der Waals surface area contributed by atoms with Gasteiger partial charge in [-0.2, -0.15) is 0 Å². The smallest absolute Gasteiger partial charge is 0.236 e. The third kappa shape index (κ3) is 5.45. The van der Waals surface area contributed by atoms with E-state index in [4.69, 9.17) is 27.9 Å². The SMILES string of the molecule is CN(C)C(=O)CN1CCC[C@@]2(C[C@@H](Oc3cccc(Cl)c3)CN(c3ccc(Cl)cc3)C2=O)C1. The number of likely N-dealkylation sites (tertiary alicyclic amines) is 1. The summed E-state index contributed by atoms with van der Waals surface area (Å²) < 4.78 is 6.34. The van der Waals surface area contributed by atoms with Crippen LogP contribution in [0.3, 0.4) is 0 Å². The second-order valence-corrected chi connectivity index (χ2v) is 10.0. The quantitative estimate of drug-likeness (QED) is 0.626. The third-order valence-electron chi connectivity index (χ3n) is 6.45. The van der Waals surface area contributed by atoms with Gasteiger partial charge in [-0.25, -0.2) is 0 Å². The van der Waals surface area contributed by atoms with Gasteiger partial charge in [-0.3, -0.25) is 14.5 Å². The Morgan fingerprint density at radius 2 is 1.91 bits per heavy atom. The zero-order valence-corrected chi connectivity index (χ0v) is 20.5. The average molecular weight is 490 g/mol. The molecular formula is C25H29Cl2N3O3. The Hall–Kier alpha value is -2.28. The van der Waals surface area contributed by atoms with Gasteiger partial charge in [0.25, 0.3) is 0 Å². The van der Waals surface area contributed by atoms with E-state index in [1.807, 2.05) is 29.2 Å². The van der Waals surface area contributed by atoms with Crippen LogP contribution in [0.4, 0.5) is 5.69 Å². The maximum atomic E-state index is 13.9. The molecule has 2 atom stereocenters. The van der Waals surface area contributed by atoms with Crippen LogP contribution in [-0.2, 0) is 9.59 Å². The van der Waals surface area contributed by atoms with Crippen LogP contribution in [0, 0.1) is 5.41 Å². The van der Waals surface area contributed by atoms with E-state index in [0.29, 0.717) is 41.8 Å². The number of ether oxygens (including phenoxy) is 1. The zero-order chi connectivity index (χ0) is 23.6. The molecule has 2 amide bonds. The second kappa shape index (κ2) is 9.92. The lowest BCUT2D eigenvalue weighted by Crippen LogP contribution is -2.61. The van der Waals surface area contributed by atoms with Gasteiger partial charge in [0.15, 0.2) is 0 Å². The maximum absolute atomic E-state index is 13.9. The summed E-state index contributed by atoms with van der Waals surface area (Å²) in [5.74, 6) is 0.804. The summed E-state index contributed by atoms with van der Waals surface area (Å²) in [5, 5.41) is 1.23. The lowest BCUT2D eigenvalue weighted by atomic mass is 9.72. The van der Waals surface area contributed by atoms with Crippen molar-refractivity contribution < 1.29 is 14.3 Å². The van der Waals surface area contributed by atoms with Gasteiger partial charge in [0.2, 0.25) is 11.8 Å². The van der Waals surface area contributed by atoms with E-state index < -0.39 is 5.41 Å². The van der Waals surface area contributed by atoms with E-state index in [2.05, 4.69) is 4.90 Å². The number of carbonyl (C=O) groups excluding carboxylic acids is 2. The molecule has 2 saturated heterocycles. The molecule has 2 aromatic carbocycles. The molecule has 0 bridgehead atoms. The van der Waals surface area contributed by atoms with Gasteiger partial charge in [-0.05, 0) is 61.9 Å². The number of anilines is 1. The number of piperidine rings is 2. The van der Waals surface area contributed by atoms with Crippen LogP contribution in [-0.4, -0.2) is 68.0 Å². The highest BCUT2D eigenvalue weighted by molar-refractivity contribution is 6.31. The summed E-state index contributed by atoms with van der Waals surface area (Å²) in [5.41, 5.74) is 0.177. The molecule has 0 aromatic heterocycles. The lowest BCUT2D eigenvalue weighted by Gasteiger charge is -2.49. The highest BCUT2D eigenvalue weighted by Crippen LogP contribution is 2.42. The first-order valence-electron chi connectivity index (χ1n) is 11.2. The summed E-state index contributed by atoms with van der Waals surface area (Å²) in [7, 11) is 3.51. The Morgan fingerprint density at radius 1 is 1.15 bits per heavy atom. The third-order valence-corrected chi connectivity index (χ3v) is 6.94. The van der Waals surface area contributed by atoms with Crippen LogP contribution >= 0.6 is 23.2 Å². The number of halogens is 2. The van der Waals surface area contributed by atoms with E-state index in [1.54, 1.807) is 43.3 Å². The molecule has 2 aliphatic heterocycles. The van der Waals surface area contributed by atoms with E-state index in [9.17, 15) is 9.59 Å². The normalized spacial score (nSPS) is 23.6. The van der Waals surface area contributed by atoms with Crippen molar-refractivity contribution in [2.45, 2.75) is 25.4 Å². The number of amides is 2. The minimum absolute atomic E-state index is 0.0385. The number of hydrogen-bond acceptors (Lipinski definition) is 4. The first kappa shape index (κ1) is 23.9. The molecule has 2 aromatic rings. The van der Waals surface area contributed by atoms with Crippen LogP contribution in [0.1, 0.15) is 19.3 Å². The fourth-order valence-electron chi connectivity index (χ4n) is 4.85. The monoisotopic (exact) mass is 489 g/mol. The minimum atomic E-state index is -0.619. The highest BCUT2D eigenvalue weighted by Gasteiger charge is 2.50. The van der Waals surface area contributed by atoms with E-state index in [-0.39, 0.29) is 17.9 Å². The molecule has 2 aliphatic rings. The summed E-state index contributed by atoms with van der Waals surface area (Å²) in [6.45, 7) is 2.08. The topological polar surface area (TPSA) is 53.1 Å². The largest absolute Gasteiger partial charge is 0.488 e. The van der Waals surface area contributed by atoms with Gasteiger partial charge < -0.3 is 14.5 Å². The van der Waals surface area contributed by atoms with Crippen molar-refractivity contribution in [3.8, 4) is 5.75 Å². The van der Waals surface area contributed by atoms with Gasteiger partial charge in [0.05, 0.1) is 18.5 Å². The van der Waals surface area contributed by atoms with Gasteiger partial charge in [-0.1, -0.05) is 29.3 Å². The number of nitrogens with zero attached hydrogens (tertiary/aromatic N) is 3. The molecule has 1 spiro atoms. The van der Waals surface area contributed by atoms with Crippen molar-refractivity contribution >= 4 is 40.7 Å². The van der Waals surface area contributed by atoms with Gasteiger partial charge in [0, 0.05) is 42.8 Å². The summed E-state index contributed by atoms with van der Waals surface area (Å²) >= 11 is 12.3. The van der Waals surface area contributed by atoms with Crippen molar-refractivity contribution in [3.63, 3.8) is 0 Å². The molecular weight excluding hydrogens is 461 g/mol. The standard InChI is InChI=1S/C25H29Cl2N3O3/c1-28(2)23(31)16-29-12-4-11-25(17-29)14-22(33-21-6-3-5-19(27)13-21)15-30(24(25)32)20-9-7-18(26)8-10-20/h3,5-10,13,22H,4,11-12,14-17H2,1-2H3/t22-,25-/m1/s1. The van der Waals surface area contributed by atoms with Crippen LogP contribution in [0.15, 0.2) is 48.5 Å². The first-order valence-corrected chi connectivity index (χ1v) is 11.9. The Balaban J connectivity index is 1.63. The number of likely N-dealkylation sites (N-methyl/N-ethyl adjacent to an activating group) is 1. The van der Waals surface area contributed by atoms with Crippen molar-refractivity contribution in [3.05, 3.63) is 58.6 Å². The van der Waals surface area contributed by atoms with Gasteiger partial charge in [-0.15, -0.1) is 0 Å². The fourth-order valence-corrected chi connectivity index (χ4v) is 5.16. The average Bonchev–Trinajstić information content (AvgIpc) is 2.77. The Bertz CT molecular complexity index is 1010. The number of rotatable bonds is 5. The van der Waals surface area contributed by atoms with Crippen molar-refractivity contribution in [2.24, 2.45) is 5.41 Å². The first-order chi connectivity index (χ1) is 15.8. The fraction of sp³-hybridized carbons (Fsp3) is 0.440. The van der Waals surface area contributed by atoms with Crippen molar-refractivity contribution in [1.29, 1.82) is 0 Å². The highest BCUT2D eigenvalue weighted by atomic mass is 35.5. The Kier molecular flexibility index (Phi) is 7.17. The molecule has 0 unspecified atom stereocenters. The van der Waals surface area contributed by atoms with Gasteiger partial charge in [0.1, 0.15) is 11.9 Å². The number of hydrogen-bond donors (Lipinski definition) is 0. The minimum Gasteiger partial charge on any atom is -0.488 e. The summed E-state index contributed by atoms with van der Waals surface area (Å²) in [6, 6.07) is 14.7.